The van der Waals surface area contributed by atoms with Gasteiger partial charge in [-0.1, -0.05) is 12.2 Å². The van der Waals surface area contributed by atoms with Crippen molar-refractivity contribution in [3.63, 3.8) is 0 Å². The molecule has 5 nitrogen and oxygen atoms in total. The van der Waals surface area contributed by atoms with Crippen LogP contribution in [-0.2, 0) is 6.42 Å². The van der Waals surface area contributed by atoms with E-state index in [2.05, 4.69) is 71.5 Å². The number of likely N-dealkylation sites (N-methyl/N-ethyl adjacent to an activating group) is 1. The van der Waals surface area contributed by atoms with Crippen molar-refractivity contribution in [3.8, 4) is 0 Å². The van der Waals surface area contributed by atoms with Crippen LogP contribution in [0.4, 0.5) is 0 Å². The minimum atomic E-state index is 0.353. The molecule has 3 aromatic heterocycles. The molecule has 0 fully saturated rings. The predicted molar refractivity (Wildman–Crippen MR) is 118 cm³/mol. The molecular formula is C24H27N5. The molecule has 0 saturated heterocycles. The SMILES string of the molecule is Cc1nc2ncc(C3=CCc4ncc(C5=CCN(C)CC5)cc43)cc2n1C(C)C. The third-order valence-electron chi connectivity index (χ3n) is 6.09. The van der Waals surface area contributed by atoms with Crippen LogP contribution in [0, 0.1) is 6.92 Å². The zero-order valence-corrected chi connectivity index (χ0v) is 17.6. The van der Waals surface area contributed by atoms with E-state index in [9.17, 15) is 0 Å². The monoisotopic (exact) mass is 385 g/mol. The highest BCUT2D eigenvalue weighted by molar-refractivity contribution is 5.88. The van der Waals surface area contributed by atoms with E-state index in [1.54, 1.807) is 0 Å². The average Bonchev–Trinajstić information content (AvgIpc) is 3.27. The quantitative estimate of drug-likeness (QED) is 0.669. The molecule has 29 heavy (non-hydrogen) atoms. The molecule has 0 radical (unpaired) electrons. The number of rotatable bonds is 3. The summed E-state index contributed by atoms with van der Waals surface area (Å²) in [5.74, 6) is 1.01. The van der Waals surface area contributed by atoms with Crippen LogP contribution < -0.4 is 0 Å². The van der Waals surface area contributed by atoms with Crippen LogP contribution in [-0.4, -0.2) is 44.6 Å². The second-order valence-electron chi connectivity index (χ2n) is 8.47. The Morgan fingerprint density at radius 3 is 2.62 bits per heavy atom. The minimum absolute atomic E-state index is 0.353. The molecule has 2 aliphatic rings. The van der Waals surface area contributed by atoms with Crippen LogP contribution in [0.3, 0.4) is 0 Å². The van der Waals surface area contributed by atoms with Gasteiger partial charge in [0, 0.05) is 49.1 Å². The maximum absolute atomic E-state index is 4.80. The summed E-state index contributed by atoms with van der Waals surface area (Å²) in [5, 5.41) is 0. The van der Waals surface area contributed by atoms with E-state index in [4.69, 9.17) is 4.98 Å². The van der Waals surface area contributed by atoms with Gasteiger partial charge in [-0.2, -0.15) is 0 Å². The molecule has 5 heteroatoms. The fourth-order valence-electron chi connectivity index (χ4n) is 4.57. The zero-order valence-electron chi connectivity index (χ0n) is 17.6. The van der Waals surface area contributed by atoms with Gasteiger partial charge < -0.3 is 9.47 Å². The largest absolute Gasteiger partial charge is 0.324 e. The van der Waals surface area contributed by atoms with Gasteiger partial charge in [-0.25, -0.2) is 9.97 Å². The zero-order chi connectivity index (χ0) is 20.1. The number of hydrogen-bond donors (Lipinski definition) is 0. The average molecular weight is 386 g/mol. The van der Waals surface area contributed by atoms with Gasteiger partial charge in [0.15, 0.2) is 5.65 Å². The Hall–Kier alpha value is -2.79. The van der Waals surface area contributed by atoms with E-state index in [1.807, 2.05) is 12.4 Å². The highest BCUT2D eigenvalue weighted by atomic mass is 15.1. The van der Waals surface area contributed by atoms with Crippen molar-refractivity contribution >= 4 is 22.3 Å². The molecule has 5 rings (SSSR count). The molecule has 1 aliphatic carbocycles. The van der Waals surface area contributed by atoms with Crippen LogP contribution in [0.1, 0.15) is 54.5 Å². The van der Waals surface area contributed by atoms with Crippen molar-refractivity contribution in [1.29, 1.82) is 0 Å². The second kappa shape index (κ2) is 6.92. The first-order chi connectivity index (χ1) is 14.0. The van der Waals surface area contributed by atoms with E-state index in [0.717, 1.165) is 54.2 Å². The van der Waals surface area contributed by atoms with E-state index in [0.29, 0.717) is 6.04 Å². The third-order valence-corrected chi connectivity index (χ3v) is 6.09. The second-order valence-corrected chi connectivity index (χ2v) is 8.47. The van der Waals surface area contributed by atoms with Crippen molar-refractivity contribution in [2.45, 2.75) is 39.7 Å². The Kier molecular flexibility index (Phi) is 4.36. The summed E-state index contributed by atoms with van der Waals surface area (Å²) in [4.78, 5) is 16.5. The number of aryl methyl sites for hydroxylation is 1. The van der Waals surface area contributed by atoms with Crippen molar-refractivity contribution in [2.24, 2.45) is 0 Å². The summed E-state index contributed by atoms with van der Waals surface area (Å²) in [6.45, 7) is 8.54. The maximum Gasteiger partial charge on any atom is 0.177 e. The first-order valence-electron chi connectivity index (χ1n) is 10.4. The summed E-state index contributed by atoms with van der Waals surface area (Å²) in [7, 11) is 2.17. The van der Waals surface area contributed by atoms with Gasteiger partial charge in [0.25, 0.3) is 0 Å². The maximum atomic E-state index is 4.80. The topological polar surface area (TPSA) is 46.8 Å². The van der Waals surface area contributed by atoms with E-state index < -0.39 is 0 Å². The molecular weight excluding hydrogens is 358 g/mol. The van der Waals surface area contributed by atoms with Gasteiger partial charge >= 0.3 is 0 Å². The molecule has 0 atom stereocenters. The van der Waals surface area contributed by atoms with Gasteiger partial charge in [0.2, 0.25) is 0 Å². The molecule has 3 aromatic rings. The molecule has 1 aliphatic heterocycles. The molecule has 0 amide bonds. The molecule has 0 N–H and O–H groups in total. The van der Waals surface area contributed by atoms with E-state index in [-0.39, 0.29) is 0 Å². The lowest BCUT2D eigenvalue weighted by molar-refractivity contribution is 0.370. The predicted octanol–water partition coefficient (Wildman–Crippen LogP) is 4.42. The number of hydrogen-bond acceptors (Lipinski definition) is 4. The Morgan fingerprint density at radius 2 is 1.86 bits per heavy atom. The lowest BCUT2D eigenvalue weighted by Crippen LogP contribution is -2.23. The Morgan fingerprint density at radius 1 is 1.03 bits per heavy atom. The van der Waals surface area contributed by atoms with Crippen molar-refractivity contribution < 1.29 is 0 Å². The lowest BCUT2D eigenvalue weighted by atomic mass is 9.96. The van der Waals surface area contributed by atoms with Crippen molar-refractivity contribution in [1.82, 2.24) is 24.4 Å². The van der Waals surface area contributed by atoms with Gasteiger partial charge in [-0.05, 0) is 63.1 Å². The van der Waals surface area contributed by atoms with Crippen molar-refractivity contribution in [3.05, 3.63) is 64.9 Å². The van der Waals surface area contributed by atoms with Gasteiger partial charge in [-0.15, -0.1) is 0 Å². The molecule has 0 unspecified atom stereocenters. The highest BCUT2D eigenvalue weighted by Crippen LogP contribution is 2.35. The third kappa shape index (κ3) is 3.10. The van der Waals surface area contributed by atoms with Crippen LogP contribution in [0.5, 0.6) is 0 Å². The molecule has 148 valence electrons. The number of nitrogens with zero attached hydrogens (tertiary/aromatic N) is 5. The fraction of sp³-hybridized carbons (Fsp3) is 0.375. The summed E-state index contributed by atoms with van der Waals surface area (Å²) in [6, 6.07) is 4.92. The van der Waals surface area contributed by atoms with Gasteiger partial charge in [0.05, 0.1) is 11.2 Å². The fourth-order valence-corrected chi connectivity index (χ4v) is 4.57. The highest BCUT2D eigenvalue weighted by Gasteiger charge is 2.21. The Bertz CT molecular complexity index is 1170. The first-order valence-corrected chi connectivity index (χ1v) is 10.4. The summed E-state index contributed by atoms with van der Waals surface area (Å²) < 4.78 is 2.26. The smallest absolute Gasteiger partial charge is 0.177 e. The van der Waals surface area contributed by atoms with Crippen molar-refractivity contribution in [2.75, 3.05) is 20.1 Å². The number of allylic oxidation sites excluding steroid dienone is 1. The number of imidazole rings is 1. The van der Waals surface area contributed by atoms with Crippen LogP contribution in [0.2, 0.25) is 0 Å². The van der Waals surface area contributed by atoms with E-state index >= 15 is 0 Å². The molecule has 0 saturated carbocycles. The lowest BCUT2D eigenvalue weighted by Gasteiger charge is -2.22. The number of fused-ring (bicyclic) bond motifs is 2. The van der Waals surface area contributed by atoms with Crippen LogP contribution in [0.25, 0.3) is 22.3 Å². The van der Waals surface area contributed by atoms with Crippen LogP contribution in [0.15, 0.2) is 36.7 Å². The minimum Gasteiger partial charge on any atom is -0.324 e. The Labute approximate surface area is 171 Å². The summed E-state index contributed by atoms with van der Waals surface area (Å²) in [5.41, 5.74) is 9.38. The van der Waals surface area contributed by atoms with Crippen LogP contribution >= 0.6 is 0 Å². The molecule has 0 bridgehead atoms. The standard InChI is InChI=1S/C24H27N5/c1-15(2)29-16(3)27-24-23(29)12-19(14-26-24)20-5-6-22-21(20)11-18(13-25-22)17-7-9-28(4)10-8-17/h5,7,11-15H,6,8-10H2,1-4H3. The van der Waals surface area contributed by atoms with Gasteiger partial charge in [0.1, 0.15) is 5.82 Å². The molecule has 0 aromatic carbocycles. The number of aromatic nitrogens is 4. The van der Waals surface area contributed by atoms with Gasteiger partial charge in [-0.3, -0.25) is 4.98 Å². The summed E-state index contributed by atoms with van der Waals surface area (Å²) in [6.07, 6.45) is 10.6. The molecule has 4 heterocycles. The summed E-state index contributed by atoms with van der Waals surface area (Å²) >= 11 is 0. The van der Waals surface area contributed by atoms with E-state index in [1.165, 1.54) is 22.3 Å². The first kappa shape index (κ1) is 18.3. The number of pyridine rings is 2. The normalized spacial score (nSPS) is 17.0. The molecule has 0 spiro atoms. The Balaban J connectivity index is 1.56.